The van der Waals surface area contributed by atoms with Gasteiger partial charge in [0.1, 0.15) is 5.54 Å². The van der Waals surface area contributed by atoms with E-state index in [0.717, 1.165) is 16.7 Å². The van der Waals surface area contributed by atoms with Crippen molar-refractivity contribution in [2.75, 3.05) is 20.8 Å². The van der Waals surface area contributed by atoms with Crippen LogP contribution in [0.5, 0.6) is 11.5 Å². The number of aromatic nitrogens is 2. The Balaban J connectivity index is 1.99. The summed E-state index contributed by atoms with van der Waals surface area (Å²) in [5.74, 6) is 0.543. The number of methoxy groups -OCH3 is 2. The minimum Gasteiger partial charge on any atom is -0.493 e. The van der Waals surface area contributed by atoms with Crippen molar-refractivity contribution in [2.45, 2.75) is 12.5 Å². The van der Waals surface area contributed by atoms with E-state index in [9.17, 15) is 4.79 Å². The SMILES string of the molecule is CCOC(=O)c1nn(C(c2ccccc2)(c2ccccc2)c2ccccc2)c2cc(OC)c(OC)cc12. The van der Waals surface area contributed by atoms with Gasteiger partial charge in [0, 0.05) is 11.5 Å². The number of benzene rings is 4. The van der Waals surface area contributed by atoms with Gasteiger partial charge in [-0.25, -0.2) is 9.48 Å². The summed E-state index contributed by atoms with van der Waals surface area (Å²) in [7, 11) is 3.16. The average molecular weight is 493 g/mol. The quantitative estimate of drug-likeness (QED) is 0.194. The summed E-state index contributed by atoms with van der Waals surface area (Å²) in [6.45, 7) is 2.02. The highest BCUT2D eigenvalue weighted by Gasteiger charge is 2.41. The molecule has 4 aromatic carbocycles. The second kappa shape index (κ2) is 10.2. The first-order valence-corrected chi connectivity index (χ1v) is 12.1. The molecule has 0 saturated heterocycles. The van der Waals surface area contributed by atoms with E-state index in [4.69, 9.17) is 19.3 Å². The molecule has 5 aromatic rings. The zero-order valence-corrected chi connectivity index (χ0v) is 21.0. The van der Waals surface area contributed by atoms with Gasteiger partial charge in [-0.3, -0.25) is 0 Å². The predicted molar refractivity (Wildman–Crippen MR) is 143 cm³/mol. The van der Waals surface area contributed by atoms with Crippen LogP contribution in [-0.2, 0) is 10.3 Å². The van der Waals surface area contributed by atoms with E-state index in [0.29, 0.717) is 22.4 Å². The smallest absolute Gasteiger partial charge is 0.359 e. The Morgan fingerprint density at radius 1 is 0.757 bits per heavy atom. The standard InChI is InChI=1S/C31H28N2O4/c1-4-37-30(34)29-25-20-27(35-2)28(36-3)21-26(25)33(32-29)31(22-14-8-5-9-15-22,23-16-10-6-11-17-23)24-18-12-7-13-19-24/h5-21H,4H2,1-3H3. The largest absolute Gasteiger partial charge is 0.493 e. The molecule has 1 heterocycles. The van der Waals surface area contributed by atoms with Crippen LogP contribution in [0.2, 0.25) is 0 Å². The maximum absolute atomic E-state index is 13.2. The number of nitrogens with zero attached hydrogens (tertiary/aromatic N) is 2. The first-order chi connectivity index (χ1) is 18.1. The molecule has 0 saturated carbocycles. The van der Waals surface area contributed by atoms with Crippen molar-refractivity contribution in [3.05, 3.63) is 126 Å². The summed E-state index contributed by atoms with van der Waals surface area (Å²) in [6, 6.07) is 34.2. The number of esters is 1. The summed E-state index contributed by atoms with van der Waals surface area (Å²) < 4.78 is 18.6. The van der Waals surface area contributed by atoms with Gasteiger partial charge >= 0.3 is 5.97 Å². The molecule has 37 heavy (non-hydrogen) atoms. The Morgan fingerprint density at radius 3 is 1.65 bits per heavy atom. The van der Waals surface area contributed by atoms with Crippen LogP contribution in [0.4, 0.5) is 0 Å². The molecule has 0 N–H and O–H groups in total. The van der Waals surface area contributed by atoms with Crippen LogP contribution in [-0.4, -0.2) is 36.6 Å². The van der Waals surface area contributed by atoms with Gasteiger partial charge in [0.25, 0.3) is 0 Å². The number of ether oxygens (including phenoxy) is 3. The summed E-state index contributed by atoms with van der Waals surface area (Å²) >= 11 is 0. The second-order valence-electron chi connectivity index (χ2n) is 8.51. The van der Waals surface area contributed by atoms with Crippen LogP contribution in [0.1, 0.15) is 34.1 Å². The van der Waals surface area contributed by atoms with Crippen molar-refractivity contribution < 1.29 is 19.0 Å². The van der Waals surface area contributed by atoms with Gasteiger partial charge in [-0.15, -0.1) is 0 Å². The summed E-state index contributed by atoms with van der Waals surface area (Å²) in [5.41, 5.74) is 2.97. The molecule has 0 radical (unpaired) electrons. The van der Waals surface area contributed by atoms with Crippen LogP contribution < -0.4 is 9.47 Å². The van der Waals surface area contributed by atoms with E-state index in [-0.39, 0.29) is 12.3 Å². The third-order valence-corrected chi connectivity index (χ3v) is 6.55. The first kappa shape index (κ1) is 24.1. The Labute approximate surface area is 216 Å². The van der Waals surface area contributed by atoms with Crippen molar-refractivity contribution in [3.8, 4) is 11.5 Å². The lowest BCUT2D eigenvalue weighted by Gasteiger charge is -2.37. The zero-order chi connectivity index (χ0) is 25.8. The first-order valence-electron chi connectivity index (χ1n) is 12.1. The fourth-order valence-electron chi connectivity index (χ4n) is 4.95. The van der Waals surface area contributed by atoms with Crippen LogP contribution in [0.3, 0.4) is 0 Å². The molecular weight excluding hydrogens is 464 g/mol. The highest BCUT2D eigenvalue weighted by Crippen LogP contribution is 2.44. The number of carbonyl (C=O) groups is 1. The third kappa shape index (κ3) is 4.00. The zero-order valence-electron chi connectivity index (χ0n) is 21.0. The highest BCUT2D eigenvalue weighted by molar-refractivity contribution is 6.03. The lowest BCUT2D eigenvalue weighted by molar-refractivity contribution is 0.0520. The van der Waals surface area contributed by atoms with Gasteiger partial charge in [0.15, 0.2) is 17.2 Å². The Hall–Kier alpha value is -4.58. The van der Waals surface area contributed by atoms with Crippen LogP contribution in [0.25, 0.3) is 10.9 Å². The maximum atomic E-state index is 13.2. The van der Waals surface area contributed by atoms with Crippen LogP contribution in [0.15, 0.2) is 103 Å². The molecule has 0 aliphatic heterocycles. The third-order valence-electron chi connectivity index (χ3n) is 6.55. The number of rotatable bonds is 8. The van der Waals surface area contributed by atoms with Gasteiger partial charge in [0.2, 0.25) is 0 Å². The summed E-state index contributed by atoms with van der Waals surface area (Å²) in [6.07, 6.45) is 0. The minimum absolute atomic E-state index is 0.213. The molecule has 0 aliphatic rings. The van der Waals surface area contributed by atoms with Gasteiger partial charge in [-0.05, 0) is 29.7 Å². The van der Waals surface area contributed by atoms with Crippen molar-refractivity contribution in [3.63, 3.8) is 0 Å². The Morgan fingerprint density at radius 2 is 1.22 bits per heavy atom. The highest BCUT2D eigenvalue weighted by atomic mass is 16.5. The molecule has 0 atom stereocenters. The van der Waals surface area contributed by atoms with E-state index in [1.165, 1.54) is 0 Å². The normalized spacial score (nSPS) is 11.3. The molecule has 0 unspecified atom stereocenters. The molecule has 1 aromatic heterocycles. The number of fused-ring (bicyclic) bond motifs is 1. The second-order valence-corrected chi connectivity index (χ2v) is 8.51. The number of hydrogen-bond acceptors (Lipinski definition) is 5. The van der Waals surface area contributed by atoms with Crippen molar-refractivity contribution >= 4 is 16.9 Å². The van der Waals surface area contributed by atoms with Crippen molar-refractivity contribution in [1.29, 1.82) is 0 Å². The topological polar surface area (TPSA) is 62.6 Å². The predicted octanol–water partition coefficient (Wildman–Crippen LogP) is 6.07. The van der Waals surface area contributed by atoms with Crippen LogP contribution >= 0.6 is 0 Å². The summed E-state index contributed by atoms with van der Waals surface area (Å²) in [5, 5.41) is 5.61. The van der Waals surface area contributed by atoms with Crippen LogP contribution in [0, 0.1) is 0 Å². The molecule has 0 aliphatic carbocycles. The average Bonchev–Trinajstić information content (AvgIpc) is 3.33. The van der Waals surface area contributed by atoms with Gasteiger partial charge < -0.3 is 14.2 Å². The minimum atomic E-state index is -0.910. The lowest BCUT2D eigenvalue weighted by atomic mass is 9.77. The van der Waals surface area contributed by atoms with E-state index in [1.54, 1.807) is 27.2 Å². The van der Waals surface area contributed by atoms with E-state index in [1.807, 2.05) is 65.3 Å². The molecule has 0 bridgehead atoms. The number of carbonyl (C=O) groups excluding carboxylic acids is 1. The molecule has 0 fully saturated rings. The Bertz CT molecular complexity index is 1420. The molecule has 0 spiro atoms. The number of hydrogen-bond donors (Lipinski definition) is 0. The van der Waals surface area contributed by atoms with E-state index >= 15 is 0 Å². The Kier molecular flexibility index (Phi) is 6.64. The molecule has 6 heteroatoms. The van der Waals surface area contributed by atoms with E-state index < -0.39 is 11.5 Å². The van der Waals surface area contributed by atoms with Crippen molar-refractivity contribution in [2.24, 2.45) is 0 Å². The fraction of sp³-hybridized carbons (Fsp3) is 0.161. The van der Waals surface area contributed by atoms with Crippen molar-refractivity contribution in [1.82, 2.24) is 9.78 Å². The molecule has 6 nitrogen and oxygen atoms in total. The molecule has 0 amide bonds. The summed E-state index contributed by atoms with van der Waals surface area (Å²) in [4.78, 5) is 13.2. The maximum Gasteiger partial charge on any atom is 0.359 e. The van der Waals surface area contributed by atoms with Gasteiger partial charge in [0.05, 0.1) is 26.3 Å². The van der Waals surface area contributed by atoms with E-state index in [2.05, 4.69) is 36.4 Å². The van der Waals surface area contributed by atoms with Gasteiger partial charge in [-0.1, -0.05) is 91.0 Å². The molecular formula is C31H28N2O4. The van der Waals surface area contributed by atoms with Gasteiger partial charge in [-0.2, -0.15) is 5.10 Å². The monoisotopic (exact) mass is 492 g/mol. The fourth-order valence-corrected chi connectivity index (χ4v) is 4.95. The molecule has 5 rings (SSSR count). The lowest BCUT2D eigenvalue weighted by Crippen LogP contribution is -2.38. The molecule has 186 valence electrons.